The van der Waals surface area contributed by atoms with Gasteiger partial charge in [-0.3, -0.25) is 9.59 Å². The summed E-state index contributed by atoms with van der Waals surface area (Å²) in [4.78, 5) is 31.4. The first-order valence-corrected chi connectivity index (χ1v) is 10.8. The fraction of sp³-hybridized carbons (Fsp3) is 0.0870. The predicted octanol–water partition coefficient (Wildman–Crippen LogP) is 4.63. The van der Waals surface area contributed by atoms with Crippen molar-refractivity contribution in [3.8, 4) is 11.4 Å². The van der Waals surface area contributed by atoms with Crippen LogP contribution in [0.15, 0.2) is 83.7 Å². The van der Waals surface area contributed by atoms with Gasteiger partial charge in [-0.05, 0) is 29.8 Å². The van der Waals surface area contributed by atoms with Crippen LogP contribution in [0.3, 0.4) is 0 Å². The summed E-state index contributed by atoms with van der Waals surface area (Å²) in [5.41, 5.74) is 1.94. The lowest BCUT2D eigenvalue weighted by Gasteiger charge is -2.28. The maximum absolute atomic E-state index is 13.6. The Bertz CT molecular complexity index is 1320. The molecule has 1 atom stereocenters. The van der Waals surface area contributed by atoms with E-state index in [1.54, 1.807) is 18.2 Å². The lowest BCUT2D eigenvalue weighted by molar-refractivity contribution is -0.117. The van der Waals surface area contributed by atoms with Gasteiger partial charge in [-0.25, -0.2) is 9.99 Å². The molecule has 0 saturated carbocycles. The lowest BCUT2D eigenvalue weighted by atomic mass is 10.2. The third-order valence-corrected chi connectivity index (χ3v) is 6.41. The molecule has 30 heavy (non-hydrogen) atoms. The van der Waals surface area contributed by atoms with E-state index < -0.39 is 0 Å². The molecule has 7 heteroatoms. The van der Waals surface area contributed by atoms with Crippen LogP contribution in [0.25, 0.3) is 22.3 Å². The first-order valence-electron chi connectivity index (χ1n) is 9.40. The van der Waals surface area contributed by atoms with Crippen LogP contribution in [0.2, 0.25) is 5.02 Å². The molecule has 1 fully saturated rings. The van der Waals surface area contributed by atoms with Crippen molar-refractivity contribution < 1.29 is 4.79 Å². The average molecular weight is 434 g/mol. The van der Waals surface area contributed by atoms with Gasteiger partial charge in [0, 0.05) is 10.6 Å². The predicted molar refractivity (Wildman–Crippen MR) is 121 cm³/mol. The van der Waals surface area contributed by atoms with Crippen molar-refractivity contribution in [2.45, 2.75) is 5.37 Å². The summed E-state index contributed by atoms with van der Waals surface area (Å²) in [5.74, 6) is 0.550. The van der Waals surface area contributed by atoms with Crippen LogP contribution in [0, 0.1) is 0 Å². The third kappa shape index (κ3) is 3.18. The number of carbonyl (C=O) groups is 1. The molecule has 3 aromatic carbocycles. The summed E-state index contributed by atoms with van der Waals surface area (Å²) in [6.07, 6.45) is 0. The molecule has 1 amide bonds. The Morgan fingerprint density at radius 3 is 2.50 bits per heavy atom. The molecule has 0 spiro atoms. The fourth-order valence-electron chi connectivity index (χ4n) is 3.63. The van der Waals surface area contributed by atoms with E-state index in [1.165, 1.54) is 21.4 Å². The molecule has 5 rings (SSSR count). The SMILES string of the molecule is O=C1CSC(c2cccc(Cl)c2)N1n1c(-c2ccccc2)nc2ccccc2c1=O. The van der Waals surface area contributed by atoms with Gasteiger partial charge in [0.05, 0.1) is 16.7 Å². The van der Waals surface area contributed by atoms with Crippen LogP contribution in [-0.4, -0.2) is 21.3 Å². The van der Waals surface area contributed by atoms with E-state index >= 15 is 0 Å². The van der Waals surface area contributed by atoms with Crippen LogP contribution in [0.1, 0.15) is 10.9 Å². The summed E-state index contributed by atoms with van der Waals surface area (Å²) in [5, 5.41) is 2.19. The summed E-state index contributed by atoms with van der Waals surface area (Å²) in [7, 11) is 0. The number of aromatic nitrogens is 2. The Labute approximate surface area is 181 Å². The molecule has 2 heterocycles. The standard InChI is InChI=1S/C23H16ClN3O2S/c24-17-10-6-9-16(13-17)23-26(20(28)14-30-23)27-21(15-7-2-1-3-8-15)25-19-12-5-4-11-18(19)22(27)29/h1-13,23H,14H2. The molecule has 148 valence electrons. The molecule has 5 nitrogen and oxygen atoms in total. The number of hydrogen-bond acceptors (Lipinski definition) is 4. The van der Waals surface area contributed by atoms with Crippen LogP contribution < -0.4 is 10.6 Å². The van der Waals surface area contributed by atoms with E-state index in [4.69, 9.17) is 16.6 Å². The molecule has 1 aliphatic heterocycles. The Kier molecular flexibility index (Phi) is 4.81. The number of para-hydroxylation sites is 1. The Morgan fingerprint density at radius 2 is 1.70 bits per heavy atom. The van der Waals surface area contributed by atoms with Crippen LogP contribution in [-0.2, 0) is 4.79 Å². The number of nitrogens with zero attached hydrogens (tertiary/aromatic N) is 3. The number of thioether (sulfide) groups is 1. The van der Waals surface area contributed by atoms with Crippen molar-refractivity contribution >= 4 is 40.2 Å². The second-order valence-corrected chi connectivity index (χ2v) is 8.40. The number of hydrogen-bond donors (Lipinski definition) is 0. The van der Waals surface area contributed by atoms with Crippen molar-refractivity contribution in [3.05, 3.63) is 99.8 Å². The zero-order valence-electron chi connectivity index (χ0n) is 15.7. The van der Waals surface area contributed by atoms with Gasteiger partial charge < -0.3 is 0 Å². The van der Waals surface area contributed by atoms with Gasteiger partial charge in [-0.2, -0.15) is 4.68 Å². The van der Waals surface area contributed by atoms with E-state index in [1.807, 2.05) is 60.7 Å². The number of benzene rings is 3. The van der Waals surface area contributed by atoms with E-state index in [-0.39, 0.29) is 22.6 Å². The number of carbonyl (C=O) groups excluding carboxylic acids is 1. The molecule has 1 unspecified atom stereocenters. The van der Waals surface area contributed by atoms with E-state index in [0.29, 0.717) is 21.7 Å². The molecule has 1 aromatic heterocycles. The van der Waals surface area contributed by atoms with Gasteiger partial charge in [0.1, 0.15) is 5.37 Å². The van der Waals surface area contributed by atoms with Gasteiger partial charge in [-0.1, -0.05) is 66.2 Å². The molecule has 0 radical (unpaired) electrons. The maximum Gasteiger partial charge on any atom is 0.280 e. The second-order valence-electron chi connectivity index (χ2n) is 6.89. The topological polar surface area (TPSA) is 55.2 Å². The van der Waals surface area contributed by atoms with Crippen LogP contribution in [0.4, 0.5) is 0 Å². The van der Waals surface area contributed by atoms with E-state index in [0.717, 1.165) is 11.1 Å². The highest BCUT2D eigenvalue weighted by atomic mass is 35.5. The first-order chi connectivity index (χ1) is 14.6. The quantitative estimate of drug-likeness (QED) is 0.472. The highest BCUT2D eigenvalue weighted by Crippen LogP contribution is 2.38. The van der Waals surface area contributed by atoms with Crippen molar-refractivity contribution in [1.29, 1.82) is 0 Å². The van der Waals surface area contributed by atoms with Crippen LogP contribution in [0.5, 0.6) is 0 Å². The zero-order chi connectivity index (χ0) is 20.7. The number of amides is 1. The second kappa shape index (κ2) is 7.63. The molecular formula is C23H16ClN3O2S. The molecule has 1 saturated heterocycles. The summed E-state index contributed by atoms with van der Waals surface area (Å²) in [6.45, 7) is 0. The van der Waals surface area contributed by atoms with Crippen molar-refractivity contribution in [2.75, 3.05) is 10.8 Å². The monoisotopic (exact) mass is 433 g/mol. The lowest BCUT2D eigenvalue weighted by Crippen LogP contribution is -2.46. The van der Waals surface area contributed by atoms with Crippen LogP contribution >= 0.6 is 23.4 Å². The first kappa shape index (κ1) is 18.9. The zero-order valence-corrected chi connectivity index (χ0v) is 17.3. The Morgan fingerprint density at radius 1 is 0.933 bits per heavy atom. The van der Waals surface area contributed by atoms with Gasteiger partial charge in [0.2, 0.25) is 0 Å². The Balaban J connectivity index is 1.79. The highest BCUT2D eigenvalue weighted by molar-refractivity contribution is 8.00. The van der Waals surface area contributed by atoms with Crippen molar-refractivity contribution in [3.63, 3.8) is 0 Å². The van der Waals surface area contributed by atoms with E-state index in [9.17, 15) is 9.59 Å². The van der Waals surface area contributed by atoms with Gasteiger partial charge in [0.15, 0.2) is 5.82 Å². The number of fused-ring (bicyclic) bond motifs is 1. The minimum Gasteiger partial charge on any atom is -0.272 e. The fourth-order valence-corrected chi connectivity index (χ4v) is 4.95. The van der Waals surface area contributed by atoms with Crippen molar-refractivity contribution in [1.82, 2.24) is 9.66 Å². The number of halogens is 1. The van der Waals surface area contributed by atoms with Gasteiger partial charge >= 0.3 is 0 Å². The molecule has 0 bridgehead atoms. The summed E-state index contributed by atoms with van der Waals surface area (Å²) >= 11 is 7.66. The summed E-state index contributed by atoms with van der Waals surface area (Å²) in [6, 6.07) is 24.0. The van der Waals surface area contributed by atoms with Crippen molar-refractivity contribution in [2.24, 2.45) is 0 Å². The third-order valence-electron chi connectivity index (χ3n) is 4.98. The summed E-state index contributed by atoms with van der Waals surface area (Å²) < 4.78 is 1.42. The molecule has 0 aliphatic carbocycles. The average Bonchev–Trinajstić information content (AvgIpc) is 3.15. The van der Waals surface area contributed by atoms with Gasteiger partial charge in [-0.15, -0.1) is 11.8 Å². The van der Waals surface area contributed by atoms with Gasteiger partial charge in [0.25, 0.3) is 11.5 Å². The molecule has 4 aromatic rings. The maximum atomic E-state index is 13.6. The smallest absolute Gasteiger partial charge is 0.272 e. The highest BCUT2D eigenvalue weighted by Gasteiger charge is 2.37. The normalized spacial score (nSPS) is 16.4. The molecular weight excluding hydrogens is 418 g/mol. The van der Waals surface area contributed by atoms with E-state index in [2.05, 4.69) is 0 Å². The minimum atomic E-state index is -0.376. The Hall–Kier alpha value is -3.09. The molecule has 0 N–H and O–H groups in total. The molecule has 1 aliphatic rings. The largest absolute Gasteiger partial charge is 0.280 e. The number of rotatable bonds is 3. The minimum absolute atomic E-state index is 0.152.